The molecule has 1 aromatic rings. The normalized spacial score (nSPS) is 21.4. The summed E-state index contributed by atoms with van der Waals surface area (Å²) >= 11 is 11.7. The van der Waals surface area contributed by atoms with Crippen molar-refractivity contribution in [2.45, 2.75) is 29.5 Å². The smallest absolute Gasteiger partial charge is 0.194 e. The van der Waals surface area contributed by atoms with Crippen molar-refractivity contribution < 1.29 is 8.42 Å². The zero-order chi connectivity index (χ0) is 12.5. The molecule has 0 spiro atoms. The van der Waals surface area contributed by atoms with E-state index in [1.54, 1.807) is 0 Å². The lowest BCUT2D eigenvalue weighted by atomic mass is 10.2. The number of nitrogens with one attached hydrogen (secondary N) is 1. The maximum atomic E-state index is 12.3. The molecule has 1 aliphatic rings. The molecule has 1 atom stereocenters. The number of hydrogen-bond acceptors (Lipinski definition) is 3. The van der Waals surface area contributed by atoms with Crippen LogP contribution in [0.25, 0.3) is 0 Å². The highest BCUT2D eigenvalue weighted by atomic mass is 35.5. The van der Waals surface area contributed by atoms with Gasteiger partial charge in [-0.25, -0.2) is 8.42 Å². The van der Waals surface area contributed by atoms with Gasteiger partial charge in [-0.05, 0) is 44.0 Å². The molecule has 0 aliphatic carbocycles. The average Bonchev–Trinajstić information content (AvgIpc) is 2.29. The lowest BCUT2D eigenvalue weighted by molar-refractivity contribution is 0.461. The van der Waals surface area contributed by atoms with Crippen molar-refractivity contribution in [2.24, 2.45) is 0 Å². The summed E-state index contributed by atoms with van der Waals surface area (Å²) in [7, 11) is -3.39. The highest BCUT2D eigenvalue weighted by Gasteiger charge is 2.29. The molecule has 1 saturated heterocycles. The molecule has 3 nitrogen and oxygen atoms in total. The molecule has 1 fully saturated rings. The van der Waals surface area contributed by atoms with Gasteiger partial charge in [0.2, 0.25) is 0 Å². The molecular weight excluding hydrogens is 281 g/mol. The van der Waals surface area contributed by atoms with Gasteiger partial charge in [0.05, 0.1) is 4.90 Å². The van der Waals surface area contributed by atoms with Gasteiger partial charge in [0.25, 0.3) is 0 Å². The van der Waals surface area contributed by atoms with Crippen LogP contribution < -0.4 is 5.32 Å². The Morgan fingerprint density at radius 3 is 2.29 bits per heavy atom. The highest BCUT2D eigenvalue weighted by Crippen LogP contribution is 2.26. The van der Waals surface area contributed by atoms with Gasteiger partial charge in [0, 0.05) is 10.0 Å². The van der Waals surface area contributed by atoms with Crippen LogP contribution in [0.1, 0.15) is 19.3 Å². The van der Waals surface area contributed by atoms with Crippen molar-refractivity contribution in [3.8, 4) is 0 Å². The maximum absolute atomic E-state index is 12.3. The third kappa shape index (κ3) is 2.94. The Balaban J connectivity index is 2.36. The van der Waals surface area contributed by atoms with E-state index >= 15 is 0 Å². The first-order valence-corrected chi connectivity index (χ1v) is 7.74. The van der Waals surface area contributed by atoms with Gasteiger partial charge in [0.15, 0.2) is 9.84 Å². The van der Waals surface area contributed by atoms with Crippen molar-refractivity contribution in [3.05, 3.63) is 28.2 Å². The third-order valence-corrected chi connectivity index (χ3v) is 5.28. The number of benzene rings is 1. The van der Waals surface area contributed by atoms with Crippen LogP contribution in [0.3, 0.4) is 0 Å². The molecule has 0 saturated carbocycles. The molecule has 1 unspecified atom stereocenters. The van der Waals surface area contributed by atoms with Crippen molar-refractivity contribution in [1.29, 1.82) is 0 Å². The first-order chi connectivity index (χ1) is 8.00. The highest BCUT2D eigenvalue weighted by molar-refractivity contribution is 7.92. The fourth-order valence-corrected chi connectivity index (χ4v) is 4.32. The lowest BCUT2D eigenvalue weighted by Crippen LogP contribution is -2.40. The van der Waals surface area contributed by atoms with Gasteiger partial charge in [-0.15, -0.1) is 0 Å². The van der Waals surface area contributed by atoms with Crippen LogP contribution in [0.2, 0.25) is 10.0 Å². The summed E-state index contributed by atoms with van der Waals surface area (Å²) in [4.78, 5) is 0.189. The minimum atomic E-state index is -3.39. The molecule has 1 aromatic carbocycles. The number of sulfone groups is 1. The molecule has 0 radical (unpaired) electrons. The molecular formula is C11H13Cl2NO2S. The Hall–Kier alpha value is -0.290. The van der Waals surface area contributed by atoms with Gasteiger partial charge >= 0.3 is 0 Å². The second-order valence-electron chi connectivity index (χ2n) is 4.09. The van der Waals surface area contributed by atoms with Gasteiger partial charge in [-0.1, -0.05) is 23.2 Å². The first-order valence-electron chi connectivity index (χ1n) is 5.43. The second-order valence-corrected chi connectivity index (χ2v) is 7.09. The van der Waals surface area contributed by atoms with Crippen molar-refractivity contribution in [1.82, 2.24) is 5.32 Å². The summed E-state index contributed by atoms with van der Waals surface area (Å²) in [6, 6.07) is 4.41. The van der Waals surface area contributed by atoms with E-state index in [1.165, 1.54) is 18.2 Å². The van der Waals surface area contributed by atoms with Crippen LogP contribution >= 0.6 is 23.2 Å². The van der Waals surface area contributed by atoms with Gasteiger partial charge in [0.1, 0.15) is 5.37 Å². The molecule has 1 aliphatic heterocycles. The molecule has 1 heterocycles. The van der Waals surface area contributed by atoms with Crippen LogP contribution in [0.4, 0.5) is 0 Å². The van der Waals surface area contributed by atoms with Crippen LogP contribution in [-0.2, 0) is 9.84 Å². The second kappa shape index (κ2) is 5.14. The van der Waals surface area contributed by atoms with E-state index in [1.807, 2.05) is 0 Å². The standard InChI is InChI=1S/C11H13Cl2NO2S/c12-8-5-9(13)7-10(6-8)17(15,16)11-3-1-2-4-14-11/h5-7,11,14H,1-4H2. The number of rotatable bonds is 2. The molecule has 94 valence electrons. The Bertz CT molecular complexity index is 490. The first kappa shape index (κ1) is 13.1. The third-order valence-electron chi connectivity index (χ3n) is 2.80. The maximum Gasteiger partial charge on any atom is 0.194 e. The minimum absolute atomic E-state index is 0.189. The number of hydrogen-bond donors (Lipinski definition) is 1. The zero-order valence-corrected chi connectivity index (χ0v) is 11.4. The summed E-state index contributed by atoms with van der Waals surface area (Å²) < 4.78 is 24.6. The summed E-state index contributed by atoms with van der Waals surface area (Å²) in [6.07, 6.45) is 2.57. The zero-order valence-electron chi connectivity index (χ0n) is 9.12. The summed E-state index contributed by atoms with van der Waals surface area (Å²) in [5.74, 6) is 0. The summed E-state index contributed by atoms with van der Waals surface area (Å²) in [6.45, 7) is 0.734. The van der Waals surface area contributed by atoms with E-state index in [9.17, 15) is 8.42 Å². The van der Waals surface area contributed by atoms with E-state index in [0.717, 1.165) is 19.4 Å². The molecule has 6 heteroatoms. The topological polar surface area (TPSA) is 46.2 Å². The molecule has 0 aromatic heterocycles. The predicted molar refractivity (Wildman–Crippen MR) is 69.3 cm³/mol. The van der Waals surface area contributed by atoms with Crippen LogP contribution in [-0.4, -0.2) is 20.3 Å². The fraction of sp³-hybridized carbons (Fsp3) is 0.455. The predicted octanol–water partition coefficient (Wildman–Crippen LogP) is 2.87. The van der Waals surface area contributed by atoms with E-state index in [2.05, 4.69) is 5.32 Å². The molecule has 1 N–H and O–H groups in total. The van der Waals surface area contributed by atoms with Crippen LogP contribution in [0.5, 0.6) is 0 Å². The van der Waals surface area contributed by atoms with Crippen LogP contribution in [0, 0.1) is 0 Å². The number of halogens is 2. The van der Waals surface area contributed by atoms with E-state index in [0.29, 0.717) is 16.5 Å². The Labute approximate surface area is 111 Å². The number of piperidine rings is 1. The van der Waals surface area contributed by atoms with Gasteiger partial charge < -0.3 is 5.32 Å². The van der Waals surface area contributed by atoms with Gasteiger partial charge in [-0.3, -0.25) is 0 Å². The average molecular weight is 294 g/mol. The fourth-order valence-electron chi connectivity index (χ4n) is 1.94. The summed E-state index contributed by atoms with van der Waals surface area (Å²) in [5, 5.41) is 3.18. The van der Waals surface area contributed by atoms with E-state index in [-0.39, 0.29) is 4.90 Å². The van der Waals surface area contributed by atoms with Gasteiger partial charge in [-0.2, -0.15) is 0 Å². The molecule has 17 heavy (non-hydrogen) atoms. The summed E-state index contributed by atoms with van der Waals surface area (Å²) in [5.41, 5.74) is 0. The Morgan fingerprint density at radius 2 is 1.76 bits per heavy atom. The SMILES string of the molecule is O=S(=O)(c1cc(Cl)cc(Cl)c1)C1CCCCN1. The molecule has 0 bridgehead atoms. The lowest BCUT2D eigenvalue weighted by Gasteiger charge is -2.23. The van der Waals surface area contributed by atoms with Crippen molar-refractivity contribution in [3.63, 3.8) is 0 Å². The van der Waals surface area contributed by atoms with Crippen molar-refractivity contribution >= 4 is 33.0 Å². The quantitative estimate of drug-likeness (QED) is 0.912. The van der Waals surface area contributed by atoms with Crippen molar-refractivity contribution in [2.75, 3.05) is 6.54 Å². The van der Waals surface area contributed by atoms with E-state index < -0.39 is 15.2 Å². The largest absolute Gasteiger partial charge is 0.301 e. The monoisotopic (exact) mass is 293 g/mol. The Morgan fingerprint density at radius 1 is 1.12 bits per heavy atom. The molecule has 2 rings (SSSR count). The molecule has 0 amide bonds. The minimum Gasteiger partial charge on any atom is -0.301 e. The van der Waals surface area contributed by atoms with Crippen LogP contribution in [0.15, 0.2) is 23.1 Å². The van der Waals surface area contributed by atoms with E-state index in [4.69, 9.17) is 23.2 Å². The Kier molecular flexibility index (Phi) is 3.98.